The summed E-state index contributed by atoms with van der Waals surface area (Å²) in [7, 11) is 1.72. The molecule has 2 aromatic carbocycles. The monoisotopic (exact) mass is 366 g/mol. The van der Waals surface area contributed by atoms with Crippen LogP contribution in [0.3, 0.4) is 0 Å². The summed E-state index contributed by atoms with van der Waals surface area (Å²) in [5.41, 5.74) is 4.82. The largest absolute Gasteiger partial charge is 0.506 e. The van der Waals surface area contributed by atoms with E-state index in [1.54, 1.807) is 19.2 Å². The summed E-state index contributed by atoms with van der Waals surface area (Å²) in [6.07, 6.45) is 5.05. The molecule has 0 spiro atoms. The van der Waals surface area contributed by atoms with Crippen molar-refractivity contribution in [1.82, 2.24) is 5.32 Å². The van der Waals surface area contributed by atoms with Crippen LogP contribution in [-0.2, 0) is 17.6 Å². The maximum atomic E-state index is 10.9. The molecule has 0 fully saturated rings. The summed E-state index contributed by atoms with van der Waals surface area (Å²) in [6.45, 7) is 1.68. The molecule has 4 N–H and O–H groups in total. The first kappa shape index (κ1) is 18.0. The number of anilines is 1. The van der Waals surface area contributed by atoms with Crippen LogP contribution in [0.25, 0.3) is 6.08 Å². The van der Waals surface area contributed by atoms with Crippen LogP contribution in [0.5, 0.6) is 5.75 Å². The predicted molar refractivity (Wildman–Crippen MR) is 107 cm³/mol. The van der Waals surface area contributed by atoms with Gasteiger partial charge in [0.1, 0.15) is 5.75 Å². The van der Waals surface area contributed by atoms with E-state index in [0.29, 0.717) is 25.4 Å². The van der Waals surface area contributed by atoms with Crippen LogP contribution in [0.1, 0.15) is 28.4 Å². The molecule has 142 valence electrons. The highest BCUT2D eigenvalue weighted by atomic mass is 16.5. The summed E-state index contributed by atoms with van der Waals surface area (Å²) in [5.74, 6) is 0.209. The molecule has 1 atom stereocenters. The standard InChI is InChI=1S/C22H26N2O3/c1-27-14-22(11-15-5-2-3-6-16(15)12-22)24-13-20(26)17-8-9-19(25)21-18(17)7-4-10-23-21/h2-9,20,23-26H,10-14H2,1H3/t20-/m0/s1. The lowest BCUT2D eigenvalue weighted by molar-refractivity contribution is 0.0945. The number of ether oxygens (including phenoxy) is 1. The van der Waals surface area contributed by atoms with E-state index in [4.69, 9.17) is 4.74 Å². The molecule has 0 radical (unpaired) electrons. The Bertz CT molecular complexity index is 838. The van der Waals surface area contributed by atoms with Crippen LogP contribution in [0.2, 0.25) is 0 Å². The minimum atomic E-state index is -0.679. The lowest BCUT2D eigenvalue weighted by Crippen LogP contribution is -2.51. The van der Waals surface area contributed by atoms with Gasteiger partial charge in [-0.2, -0.15) is 0 Å². The number of aliphatic hydroxyl groups is 1. The molecule has 0 aromatic heterocycles. The quantitative estimate of drug-likeness (QED) is 0.592. The number of phenols is 1. The molecule has 4 rings (SSSR count). The Hall–Kier alpha value is -2.34. The number of fused-ring (bicyclic) bond motifs is 2. The lowest BCUT2D eigenvalue weighted by atomic mass is 9.94. The van der Waals surface area contributed by atoms with Crippen LogP contribution in [-0.4, -0.2) is 42.6 Å². The zero-order valence-electron chi connectivity index (χ0n) is 15.5. The lowest BCUT2D eigenvalue weighted by Gasteiger charge is -2.31. The summed E-state index contributed by atoms with van der Waals surface area (Å²) in [6, 6.07) is 11.9. The second-order valence-corrected chi connectivity index (χ2v) is 7.48. The van der Waals surface area contributed by atoms with Crippen molar-refractivity contribution in [2.75, 3.05) is 32.1 Å². The fourth-order valence-corrected chi connectivity index (χ4v) is 4.29. The Balaban J connectivity index is 1.52. The number of benzene rings is 2. The van der Waals surface area contributed by atoms with Crippen molar-refractivity contribution in [2.24, 2.45) is 0 Å². The number of rotatable bonds is 6. The smallest absolute Gasteiger partial charge is 0.139 e. The van der Waals surface area contributed by atoms with Crippen molar-refractivity contribution in [3.05, 3.63) is 64.7 Å². The number of aromatic hydroxyl groups is 1. The van der Waals surface area contributed by atoms with Gasteiger partial charge in [0.15, 0.2) is 0 Å². The minimum absolute atomic E-state index is 0.204. The third-order valence-electron chi connectivity index (χ3n) is 5.56. The van der Waals surface area contributed by atoms with Crippen LogP contribution in [0, 0.1) is 0 Å². The molecule has 27 heavy (non-hydrogen) atoms. The first-order valence-electron chi connectivity index (χ1n) is 9.37. The molecule has 0 bridgehead atoms. The maximum Gasteiger partial charge on any atom is 0.139 e. The van der Waals surface area contributed by atoms with E-state index in [2.05, 4.69) is 34.9 Å². The van der Waals surface area contributed by atoms with Gasteiger partial charge in [-0.15, -0.1) is 0 Å². The van der Waals surface area contributed by atoms with Gasteiger partial charge in [-0.05, 0) is 35.6 Å². The van der Waals surface area contributed by atoms with Crippen LogP contribution < -0.4 is 10.6 Å². The number of nitrogens with one attached hydrogen (secondary N) is 2. The van der Waals surface area contributed by atoms with Gasteiger partial charge in [0.05, 0.1) is 18.4 Å². The number of aliphatic hydroxyl groups excluding tert-OH is 1. The predicted octanol–water partition coefficient (Wildman–Crippen LogP) is 2.64. The van der Waals surface area contributed by atoms with Gasteiger partial charge in [-0.3, -0.25) is 0 Å². The SMILES string of the molecule is COCC1(NC[C@H](O)c2ccc(O)c3c2C=CCN3)Cc2ccccc2C1. The summed E-state index contributed by atoms with van der Waals surface area (Å²) < 4.78 is 5.51. The molecule has 5 heteroatoms. The van der Waals surface area contributed by atoms with Gasteiger partial charge in [0, 0.05) is 31.3 Å². The zero-order chi connectivity index (χ0) is 18.9. The molecule has 0 saturated heterocycles. The average molecular weight is 366 g/mol. The van der Waals surface area contributed by atoms with Crippen molar-refractivity contribution in [3.8, 4) is 5.75 Å². The molecule has 1 aliphatic heterocycles. The molecule has 1 heterocycles. The van der Waals surface area contributed by atoms with Crippen molar-refractivity contribution in [3.63, 3.8) is 0 Å². The molecule has 0 saturated carbocycles. The second kappa shape index (κ2) is 7.35. The van der Waals surface area contributed by atoms with Gasteiger partial charge in [-0.25, -0.2) is 0 Å². The Labute approximate surface area is 159 Å². The highest BCUT2D eigenvalue weighted by molar-refractivity contribution is 5.77. The second-order valence-electron chi connectivity index (χ2n) is 7.48. The topological polar surface area (TPSA) is 73.8 Å². The fourth-order valence-electron chi connectivity index (χ4n) is 4.29. The van der Waals surface area contributed by atoms with E-state index in [1.807, 2.05) is 12.2 Å². The van der Waals surface area contributed by atoms with Crippen LogP contribution >= 0.6 is 0 Å². The van der Waals surface area contributed by atoms with Crippen molar-refractivity contribution >= 4 is 11.8 Å². The van der Waals surface area contributed by atoms with Crippen molar-refractivity contribution in [2.45, 2.75) is 24.5 Å². The summed E-state index contributed by atoms with van der Waals surface area (Å²) in [5, 5.41) is 27.7. The van der Waals surface area contributed by atoms with Gasteiger partial charge < -0.3 is 25.6 Å². The Morgan fingerprint density at radius 3 is 2.63 bits per heavy atom. The van der Waals surface area contributed by atoms with E-state index in [-0.39, 0.29) is 11.3 Å². The third kappa shape index (κ3) is 3.46. The van der Waals surface area contributed by atoms with E-state index in [0.717, 1.165) is 24.0 Å². The molecule has 0 unspecified atom stereocenters. The number of methoxy groups -OCH3 is 1. The first-order valence-corrected chi connectivity index (χ1v) is 9.37. The number of hydrogen-bond acceptors (Lipinski definition) is 5. The van der Waals surface area contributed by atoms with Crippen LogP contribution in [0.4, 0.5) is 5.69 Å². The van der Waals surface area contributed by atoms with E-state index in [1.165, 1.54) is 11.1 Å². The summed E-state index contributed by atoms with van der Waals surface area (Å²) in [4.78, 5) is 0. The van der Waals surface area contributed by atoms with E-state index < -0.39 is 6.10 Å². The van der Waals surface area contributed by atoms with Crippen LogP contribution in [0.15, 0.2) is 42.5 Å². The van der Waals surface area contributed by atoms with Gasteiger partial charge >= 0.3 is 0 Å². The third-order valence-corrected chi connectivity index (χ3v) is 5.56. The number of hydrogen-bond donors (Lipinski definition) is 4. The Morgan fingerprint density at radius 2 is 1.93 bits per heavy atom. The summed E-state index contributed by atoms with van der Waals surface area (Å²) >= 11 is 0. The molecular weight excluding hydrogens is 340 g/mol. The minimum Gasteiger partial charge on any atom is -0.506 e. The fraction of sp³-hybridized carbons (Fsp3) is 0.364. The zero-order valence-corrected chi connectivity index (χ0v) is 15.5. The Kier molecular flexibility index (Phi) is 4.91. The van der Waals surface area contributed by atoms with Crippen molar-refractivity contribution in [1.29, 1.82) is 0 Å². The van der Waals surface area contributed by atoms with Gasteiger partial charge in [0.25, 0.3) is 0 Å². The Morgan fingerprint density at radius 1 is 1.19 bits per heavy atom. The van der Waals surface area contributed by atoms with E-state index >= 15 is 0 Å². The highest BCUT2D eigenvalue weighted by Gasteiger charge is 2.37. The molecule has 5 nitrogen and oxygen atoms in total. The maximum absolute atomic E-state index is 10.9. The molecule has 2 aromatic rings. The average Bonchev–Trinajstić information content (AvgIpc) is 3.05. The van der Waals surface area contributed by atoms with Gasteiger partial charge in [0.2, 0.25) is 0 Å². The molecule has 0 amide bonds. The number of phenolic OH excluding ortho intramolecular Hbond substituents is 1. The molecule has 1 aliphatic carbocycles. The van der Waals surface area contributed by atoms with Crippen molar-refractivity contribution < 1.29 is 14.9 Å². The number of β-amino-alcohol motifs (C(OH)–C–C–N with tert-alkyl or cyclic N) is 1. The van der Waals surface area contributed by atoms with E-state index in [9.17, 15) is 10.2 Å². The highest BCUT2D eigenvalue weighted by Crippen LogP contribution is 2.36. The first-order chi connectivity index (χ1) is 13.1. The normalized spacial score (nSPS) is 17.9. The van der Waals surface area contributed by atoms with Gasteiger partial charge in [-0.1, -0.05) is 42.5 Å². The molecule has 2 aliphatic rings. The molecular formula is C22H26N2O3.